The Kier molecular flexibility index (Phi) is 3.16. The minimum Gasteiger partial charge on any atom is -0.476 e. The molecule has 7 heteroatoms. The maximum absolute atomic E-state index is 13.6. The minimum absolute atomic E-state index is 0.0119. The summed E-state index contributed by atoms with van der Waals surface area (Å²) in [5, 5.41) is 12.7. The van der Waals surface area contributed by atoms with Crippen molar-refractivity contribution in [2.75, 3.05) is 0 Å². The van der Waals surface area contributed by atoms with E-state index in [0.717, 1.165) is 10.7 Å². The van der Waals surface area contributed by atoms with E-state index in [1.54, 1.807) is 6.92 Å². The van der Waals surface area contributed by atoms with Gasteiger partial charge < -0.3 is 5.11 Å². The first-order chi connectivity index (χ1) is 8.41. The zero-order valence-corrected chi connectivity index (χ0v) is 10.7. The average molecular weight is 317 g/mol. The van der Waals surface area contributed by atoms with Crippen LogP contribution in [0.25, 0.3) is 5.69 Å². The molecule has 2 rings (SSSR count). The summed E-state index contributed by atoms with van der Waals surface area (Å²) in [4.78, 5) is 10.9. The Balaban J connectivity index is 2.64. The zero-order chi connectivity index (χ0) is 13.4. The van der Waals surface area contributed by atoms with E-state index >= 15 is 0 Å². The van der Waals surface area contributed by atoms with E-state index in [1.165, 1.54) is 6.07 Å². The summed E-state index contributed by atoms with van der Waals surface area (Å²) in [5.74, 6) is -2.75. The van der Waals surface area contributed by atoms with Crippen LogP contribution in [0.2, 0.25) is 0 Å². The predicted molar refractivity (Wildman–Crippen MR) is 62.9 cm³/mol. The molecule has 0 spiro atoms. The van der Waals surface area contributed by atoms with Crippen molar-refractivity contribution in [2.24, 2.45) is 0 Å². The van der Waals surface area contributed by atoms with E-state index in [9.17, 15) is 13.6 Å². The van der Waals surface area contributed by atoms with Gasteiger partial charge in [0.25, 0.3) is 0 Å². The van der Waals surface area contributed by atoms with Gasteiger partial charge in [-0.25, -0.2) is 18.3 Å². The highest BCUT2D eigenvalue weighted by molar-refractivity contribution is 9.10. The van der Waals surface area contributed by atoms with Gasteiger partial charge in [-0.1, -0.05) is 0 Å². The molecule has 0 aliphatic rings. The number of carboxylic acid groups (broad SMARTS) is 1. The fourth-order valence-corrected chi connectivity index (χ4v) is 1.92. The lowest BCUT2D eigenvalue weighted by atomic mass is 10.3. The number of halogens is 3. The Bertz CT molecular complexity index is 640. The topological polar surface area (TPSA) is 55.1 Å². The average Bonchev–Trinajstić information content (AvgIpc) is 2.57. The molecule has 0 aliphatic heterocycles. The van der Waals surface area contributed by atoms with Crippen molar-refractivity contribution in [1.82, 2.24) is 9.78 Å². The number of rotatable bonds is 2. The van der Waals surface area contributed by atoms with Gasteiger partial charge in [0.1, 0.15) is 11.5 Å². The second-order valence-corrected chi connectivity index (χ2v) is 4.35. The second kappa shape index (κ2) is 4.49. The lowest BCUT2D eigenvalue weighted by molar-refractivity contribution is 0.0689. The summed E-state index contributed by atoms with van der Waals surface area (Å²) in [6, 6.07) is 2.99. The summed E-state index contributed by atoms with van der Waals surface area (Å²) in [7, 11) is 0. The van der Waals surface area contributed by atoms with Crippen LogP contribution in [0.1, 0.15) is 16.2 Å². The molecule has 0 saturated heterocycles. The van der Waals surface area contributed by atoms with Crippen LogP contribution in [0, 0.1) is 18.6 Å². The third-order valence-corrected chi connectivity index (χ3v) is 3.33. The lowest BCUT2D eigenvalue weighted by Crippen LogP contribution is -2.04. The number of carboxylic acids is 1. The zero-order valence-electron chi connectivity index (χ0n) is 9.12. The number of nitrogens with zero attached hydrogens (tertiary/aromatic N) is 2. The highest BCUT2D eigenvalue weighted by Gasteiger charge is 2.20. The summed E-state index contributed by atoms with van der Waals surface area (Å²) in [6.07, 6.45) is 0. The standard InChI is InChI=1S/C11H7BrF2N2O2/c1-5-9(12)10(11(17)18)15-16(5)8-3-2-6(13)4-7(8)14/h2-4H,1H3,(H,17,18). The van der Waals surface area contributed by atoms with E-state index in [2.05, 4.69) is 21.0 Å². The monoisotopic (exact) mass is 316 g/mol. The first kappa shape index (κ1) is 12.7. The summed E-state index contributed by atoms with van der Waals surface area (Å²) < 4.78 is 27.8. The van der Waals surface area contributed by atoms with Gasteiger partial charge in [-0.05, 0) is 35.0 Å². The fraction of sp³-hybridized carbons (Fsp3) is 0.0909. The van der Waals surface area contributed by atoms with E-state index in [-0.39, 0.29) is 15.9 Å². The van der Waals surface area contributed by atoms with Crippen LogP contribution in [0.5, 0.6) is 0 Å². The SMILES string of the molecule is Cc1c(Br)c(C(=O)O)nn1-c1ccc(F)cc1F. The van der Waals surface area contributed by atoms with Crippen molar-refractivity contribution in [1.29, 1.82) is 0 Å². The van der Waals surface area contributed by atoms with Crippen LogP contribution >= 0.6 is 15.9 Å². The predicted octanol–water partition coefficient (Wildman–Crippen LogP) is 2.92. The molecule has 0 amide bonds. The van der Waals surface area contributed by atoms with Gasteiger partial charge in [0.05, 0.1) is 10.2 Å². The number of hydrogen-bond donors (Lipinski definition) is 1. The first-order valence-electron chi connectivity index (χ1n) is 4.85. The Labute approximate surface area is 109 Å². The summed E-state index contributed by atoms with van der Waals surface area (Å²) in [5.41, 5.74) is 0.177. The number of carbonyl (C=O) groups is 1. The van der Waals surface area contributed by atoms with E-state index < -0.39 is 17.6 Å². The van der Waals surface area contributed by atoms with Gasteiger partial charge in [-0.15, -0.1) is 0 Å². The molecule has 1 aromatic heterocycles. The van der Waals surface area contributed by atoms with E-state index in [1.807, 2.05) is 0 Å². The summed E-state index contributed by atoms with van der Waals surface area (Å²) in [6.45, 7) is 1.58. The fourth-order valence-electron chi connectivity index (χ4n) is 1.51. The molecule has 18 heavy (non-hydrogen) atoms. The van der Waals surface area contributed by atoms with Gasteiger partial charge in [0, 0.05) is 6.07 Å². The molecule has 0 fully saturated rings. The largest absolute Gasteiger partial charge is 0.476 e. The quantitative estimate of drug-likeness (QED) is 0.926. The van der Waals surface area contributed by atoms with Crippen LogP contribution in [0.3, 0.4) is 0 Å². The highest BCUT2D eigenvalue weighted by atomic mass is 79.9. The number of benzene rings is 1. The highest BCUT2D eigenvalue weighted by Crippen LogP contribution is 2.25. The van der Waals surface area contributed by atoms with Crippen molar-refractivity contribution in [3.63, 3.8) is 0 Å². The Morgan fingerprint density at radius 1 is 1.44 bits per heavy atom. The maximum Gasteiger partial charge on any atom is 0.357 e. The van der Waals surface area contributed by atoms with Crippen LogP contribution in [-0.2, 0) is 0 Å². The third kappa shape index (κ3) is 2.01. The van der Waals surface area contributed by atoms with Gasteiger partial charge in [0.2, 0.25) is 0 Å². The van der Waals surface area contributed by atoms with Gasteiger partial charge in [-0.2, -0.15) is 5.10 Å². The molecule has 0 aliphatic carbocycles. The smallest absolute Gasteiger partial charge is 0.357 e. The second-order valence-electron chi connectivity index (χ2n) is 3.56. The van der Waals surface area contributed by atoms with Crippen molar-refractivity contribution >= 4 is 21.9 Å². The molecule has 1 heterocycles. The first-order valence-corrected chi connectivity index (χ1v) is 5.65. The normalized spacial score (nSPS) is 10.7. The molecule has 2 aromatic rings. The Morgan fingerprint density at radius 3 is 2.61 bits per heavy atom. The lowest BCUT2D eigenvalue weighted by Gasteiger charge is -2.05. The number of hydrogen-bond acceptors (Lipinski definition) is 2. The number of aromatic carboxylic acids is 1. The Hall–Kier alpha value is -1.76. The van der Waals surface area contributed by atoms with Crippen LogP contribution in [0.15, 0.2) is 22.7 Å². The van der Waals surface area contributed by atoms with Crippen molar-refractivity contribution in [3.05, 3.63) is 45.7 Å². The van der Waals surface area contributed by atoms with Gasteiger partial charge in [-0.3, -0.25) is 0 Å². The summed E-state index contributed by atoms with van der Waals surface area (Å²) >= 11 is 3.08. The molecule has 4 nitrogen and oxygen atoms in total. The number of aromatic nitrogens is 2. The molecule has 94 valence electrons. The molecular formula is C11H7BrF2N2O2. The van der Waals surface area contributed by atoms with Gasteiger partial charge >= 0.3 is 5.97 Å². The molecule has 0 bridgehead atoms. The van der Waals surface area contributed by atoms with Crippen LogP contribution < -0.4 is 0 Å². The van der Waals surface area contributed by atoms with Crippen molar-refractivity contribution in [3.8, 4) is 5.69 Å². The molecule has 0 atom stereocenters. The van der Waals surface area contributed by atoms with Crippen molar-refractivity contribution in [2.45, 2.75) is 6.92 Å². The molecule has 0 radical (unpaired) electrons. The third-order valence-electron chi connectivity index (χ3n) is 2.38. The molecular weight excluding hydrogens is 310 g/mol. The maximum atomic E-state index is 13.6. The van der Waals surface area contributed by atoms with Crippen LogP contribution in [-0.4, -0.2) is 20.9 Å². The molecule has 0 saturated carbocycles. The Morgan fingerprint density at radius 2 is 2.11 bits per heavy atom. The van der Waals surface area contributed by atoms with Crippen LogP contribution in [0.4, 0.5) is 8.78 Å². The van der Waals surface area contributed by atoms with Gasteiger partial charge in [0.15, 0.2) is 11.5 Å². The molecule has 0 unspecified atom stereocenters. The van der Waals surface area contributed by atoms with E-state index in [0.29, 0.717) is 11.8 Å². The molecule has 1 N–H and O–H groups in total. The minimum atomic E-state index is -1.23. The van der Waals surface area contributed by atoms with E-state index in [4.69, 9.17) is 5.11 Å². The molecule has 1 aromatic carbocycles. The van der Waals surface area contributed by atoms with Crippen molar-refractivity contribution < 1.29 is 18.7 Å².